The lowest BCUT2D eigenvalue weighted by atomic mass is 10.1. The molecule has 0 saturated heterocycles. The van der Waals surface area contributed by atoms with Gasteiger partial charge in [-0.25, -0.2) is 4.99 Å². The van der Waals surface area contributed by atoms with E-state index in [2.05, 4.69) is 27.1 Å². The summed E-state index contributed by atoms with van der Waals surface area (Å²) in [5.74, 6) is 2.15. The zero-order chi connectivity index (χ0) is 21.3. The molecule has 0 spiro atoms. The number of thiophene rings is 1. The number of rotatable bonds is 8. The Labute approximate surface area is 182 Å². The molecular formula is C22H30N4O3S. The van der Waals surface area contributed by atoms with Gasteiger partial charge in [0, 0.05) is 31.1 Å². The van der Waals surface area contributed by atoms with E-state index >= 15 is 0 Å². The van der Waals surface area contributed by atoms with Crippen LogP contribution in [0.15, 0.2) is 34.6 Å². The zero-order valence-electron chi connectivity index (χ0n) is 17.9. The Morgan fingerprint density at radius 1 is 1.20 bits per heavy atom. The van der Waals surface area contributed by atoms with Gasteiger partial charge < -0.3 is 25.0 Å². The zero-order valence-corrected chi connectivity index (χ0v) is 18.7. The largest absolute Gasteiger partial charge is 0.493 e. The predicted molar refractivity (Wildman–Crippen MR) is 121 cm³/mol. The number of ether oxygens (including phenoxy) is 2. The third-order valence-corrected chi connectivity index (χ3v) is 6.05. The fourth-order valence-corrected chi connectivity index (χ4v) is 4.30. The minimum absolute atomic E-state index is 0.0592. The second-order valence-corrected chi connectivity index (χ2v) is 8.00. The van der Waals surface area contributed by atoms with E-state index in [4.69, 9.17) is 9.47 Å². The summed E-state index contributed by atoms with van der Waals surface area (Å²) in [5.41, 5.74) is 2.40. The molecule has 1 amide bonds. The Morgan fingerprint density at radius 3 is 2.80 bits per heavy atom. The first-order chi connectivity index (χ1) is 14.6. The van der Waals surface area contributed by atoms with Gasteiger partial charge in [0.05, 0.1) is 14.2 Å². The van der Waals surface area contributed by atoms with Gasteiger partial charge in [-0.2, -0.15) is 0 Å². The number of hydrogen-bond donors (Lipinski definition) is 2. The van der Waals surface area contributed by atoms with Crippen LogP contribution in [-0.2, 0) is 24.2 Å². The van der Waals surface area contributed by atoms with Crippen molar-refractivity contribution in [3.63, 3.8) is 0 Å². The molecule has 1 aromatic heterocycles. The van der Waals surface area contributed by atoms with Gasteiger partial charge in [-0.1, -0.05) is 6.07 Å². The van der Waals surface area contributed by atoms with Crippen LogP contribution >= 0.6 is 11.3 Å². The molecule has 8 heteroatoms. The number of guanidine groups is 1. The number of benzene rings is 1. The van der Waals surface area contributed by atoms with E-state index < -0.39 is 0 Å². The number of carbonyl (C=O) groups is 1. The minimum Gasteiger partial charge on any atom is -0.493 e. The molecule has 0 bridgehead atoms. The van der Waals surface area contributed by atoms with Crippen LogP contribution in [0.1, 0.15) is 22.9 Å². The summed E-state index contributed by atoms with van der Waals surface area (Å²) in [5, 5.41) is 8.61. The van der Waals surface area contributed by atoms with E-state index in [-0.39, 0.29) is 12.5 Å². The smallest absolute Gasteiger partial charge is 0.244 e. The summed E-state index contributed by atoms with van der Waals surface area (Å²) in [6, 6.07) is 8.01. The third kappa shape index (κ3) is 5.66. The Hall–Kier alpha value is -2.74. The molecule has 7 nitrogen and oxygen atoms in total. The van der Waals surface area contributed by atoms with Crippen molar-refractivity contribution >= 4 is 23.2 Å². The fourth-order valence-electron chi connectivity index (χ4n) is 3.41. The van der Waals surface area contributed by atoms with Crippen molar-refractivity contribution in [3.05, 3.63) is 45.6 Å². The van der Waals surface area contributed by atoms with E-state index in [9.17, 15) is 4.79 Å². The third-order valence-electron chi connectivity index (χ3n) is 5.03. The molecule has 1 aromatic carbocycles. The van der Waals surface area contributed by atoms with Crippen molar-refractivity contribution in [2.45, 2.75) is 26.3 Å². The second kappa shape index (κ2) is 10.9. The molecule has 162 valence electrons. The lowest BCUT2D eigenvalue weighted by Gasteiger charge is -2.26. The second-order valence-electron chi connectivity index (χ2n) is 7.00. The molecule has 30 heavy (non-hydrogen) atoms. The highest BCUT2D eigenvalue weighted by molar-refractivity contribution is 7.10. The lowest BCUT2D eigenvalue weighted by Crippen LogP contribution is -2.40. The van der Waals surface area contributed by atoms with Crippen LogP contribution in [-0.4, -0.2) is 57.2 Å². The van der Waals surface area contributed by atoms with E-state index in [1.165, 1.54) is 10.4 Å². The van der Waals surface area contributed by atoms with Crippen molar-refractivity contribution in [1.29, 1.82) is 0 Å². The summed E-state index contributed by atoms with van der Waals surface area (Å²) in [6.45, 7) is 5.04. The fraction of sp³-hybridized carbons (Fsp3) is 0.455. The molecule has 1 aliphatic heterocycles. The molecule has 0 unspecified atom stereocenters. The van der Waals surface area contributed by atoms with Crippen LogP contribution in [0.2, 0.25) is 0 Å². The van der Waals surface area contributed by atoms with Crippen LogP contribution < -0.4 is 20.1 Å². The number of nitrogens with one attached hydrogen (secondary N) is 2. The Morgan fingerprint density at radius 2 is 2.03 bits per heavy atom. The Bertz CT molecular complexity index is 881. The topological polar surface area (TPSA) is 75.2 Å². The van der Waals surface area contributed by atoms with Crippen molar-refractivity contribution in [2.75, 3.05) is 40.4 Å². The molecule has 2 N–H and O–H groups in total. The molecule has 0 fully saturated rings. The number of hydrogen-bond acceptors (Lipinski definition) is 5. The maximum Gasteiger partial charge on any atom is 0.244 e. The minimum atomic E-state index is 0.0592. The molecule has 2 aromatic rings. The number of amides is 1. The molecule has 0 radical (unpaired) electrons. The predicted octanol–water partition coefficient (Wildman–Crippen LogP) is 2.45. The first-order valence-corrected chi connectivity index (χ1v) is 11.1. The Kier molecular flexibility index (Phi) is 7.96. The quantitative estimate of drug-likeness (QED) is 0.497. The van der Waals surface area contributed by atoms with Crippen LogP contribution in [0.3, 0.4) is 0 Å². The normalized spacial score (nSPS) is 13.6. The van der Waals surface area contributed by atoms with Crippen molar-refractivity contribution in [3.8, 4) is 11.5 Å². The number of fused-ring (bicyclic) bond motifs is 1. The lowest BCUT2D eigenvalue weighted by molar-refractivity contribution is -0.130. The first-order valence-electron chi connectivity index (χ1n) is 10.2. The maximum absolute atomic E-state index is 12.6. The number of nitrogens with zero attached hydrogens (tertiary/aromatic N) is 2. The summed E-state index contributed by atoms with van der Waals surface area (Å²) >= 11 is 1.78. The Balaban J connectivity index is 1.51. The molecule has 0 atom stereocenters. The molecule has 2 heterocycles. The highest BCUT2D eigenvalue weighted by atomic mass is 32.1. The summed E-state index contributed by atoms with van der Waals surface area (Å²) < 4.78 is 10.6. The van der Waals surface area contributed by atoms with Crippen molar-refractivity contribution in [2.24, 2.45) is 4.99 Å². The van der Waals surface area contributed by atoms with Crippen molar-refractivity contribution < 1.29 is 14.3 Å². The van der Waals surface area contributed by atoms with Crippen LogP contribution in [0, 0.1) is 0 Å². The van der Waals surface area contributed by atoms with E-state index in [0.29, 0.717) is 19.0 Å². The summed E-state index contributed by atoms with van der Waals surface area (Å²) in [4.78, 5) is 20.4. The van der Waals surface area contributed by atoms with Gasteiger partial charge in [-0.15, -0.1) is 11.3 Å². The van der Waals surface area contributed by atoms with Crippen molar-refractivity contribution in [1.82, 2.24) is 15.5 Å². The maximum atomic E-state index is 12.6. The van der Waals surface area contributed by atoms with Gasteiger partial charge in [-0.05, 0) is 54.5 Å². The number of carbonyl (C=O) groups excluding carboxylic acids is 1. The average Bonchev–Trinajstić information content (AvgIpc) is 3.25. The van der Waals surface area contributed by atoms with Crippen LogP contribution in [0.25, 0.3) is 0 Å². The molecule has 0 saturated carbocycles. The van der Waals surface area contributed by atoms with E-state index in [1.54, 1.807) is 25.6 Å². The number of methoxy groups -OCH3 is 2. The standard InChI is InChI=1S/C22H30N4O3S/c1-4-23-22(24-10-7-16-5-6-18(28-2)19(13-16)29-3)25-14-21(27)26-11-8-20-17(15-26)9-12-30-20/h5-6,9,12-13H,4,7-8,10-11,14-15H2,1-3H3,(H2,23,24,25). The van der Waals surface area contributed by atoms with Crippen LogP contribution in [0.4, 0.5) is 0 Å². The summed E-state index contributed by atoms with van der Waals surface area (Å²) in [7, 11) is 3.26. The molecule has 0 aliphatic carbocycles. The first kappa shape index (κ1) is 22.0. The SMILES string of the molecule is CCNC(=NCC(=O)N1CCc2sccc2C1)NCCc1ccc(OC)c(OC)c1. The van der Waals surface area contributed by atoms with Gasteiger partial charge in [-0.3, -0.25) is 4.79 Å². The van der Waals surface area contributed by atoms with Gasteiger partial charge in [0.15, 0.2) is 17.5 Å². The van der Waals surface area contributed by atoms with E-state index in [0.717, 1.165) is 43.0 Å². The van der Waals surface area contributed by atoms with Gasteiger partial charge in [0.2, 0.25) is 5.91 Å². The molecular weight excluding hydrogens is 400 g/mol. The summed E-state index contributed by atoms with van der Waals surface area (Å²) in [6.07, 6.45) is 1.73. The molecule has 3 rings (SSSR count). The van der Waals surface area contributed by atoms with Crippen LogP contribution in [0.5, 0.6) is 11.5 Å². The average molecular weight is 431 g/mol. The highest BCUT2D eigenvalue weighted by Gasteiger charge is 2.21. The van der Waals surface area contributed by atoms with Gasteiger partial charge in [0.25, 0.3) is 0 Å². The van der Waals surface area contributed by atoms with Gasteiger partial charge in [0.1, 0.15) is 6.54 Å². The van der Waals surface area contributed by atoms with E-state index in [1.807, 2.05) is 30.0 Å². The molecule has 1 aliphatic rings. The highest BCUT2D eigenvalue weighted by Crippen LogP contribution is 2.27. The number of aliphatic imine (C=N–C) groups is 1. The monoisotopic (exact) mass is 430 g/mol. The van der Waals surface area contributed by atoms with Gasteiger partial charge >= 0.3 is 0 Å².